The van der Waals surface area contributed by atoms with E-state index in [1.165, 1.54) is 19.3 Å². The molecule has 0 unspecified atom stereocenters. The van der Waals surface area contributed by atoms with Gasteiger partial charge in [-0.1, -0.05) is 18.6 Å². The Balaban J connectivity index is 1.64. The number of ether oxygens (including phenoxy) is 1. The minimum absolute atomic E-state index is 0.234. The van der Waals surface area contributed by atoms with E-state index >= 15 is 0 Å². The molecule has 1 saturated heterocycles. The molecular weight excluding hydrogens is 276 g/mol. The van der Waals surface area contributed by atoms with Crippen LogP contribution in [0.1, 0.15) is 24.8 Å². The third kappa shape index (κ3) is 2.71. The van der Waals surface area contributed by atoms with Crippen molar-refractivity contribution in [2.45, 2.75) is 24.2 Å². The van der Waals surface area contributed by atoms with Gasteiger partial charge in [-0.25, -0.2) is 0 Å². The molecule has 2 aliphatic heterocycles. The smallest absolute Gasteiger partial charge is 0.286 e. The number of fused-ring (bicyclic) bond motifs is 1. The Kier molecular flexibility index (Phi) is 3.76. The first-order valence-corrected chi connectivity index (χ1v) is 8.40. The summed E-state index contributed by atoms with van der Waals surface area (Å²) in [4.78, 5) is 2.59. The van der Waals surface area contributed by atoms with Crippen molar-refractivity contribution in [2.75, 3.05) is 26.2 Å². The van der Waals surface area contributed by atoms with Gasteiger partial charge in [-0.3, -0.25) is 4.90 Å². The summed E-state index contributed by atoms with van der Waals surface area (Å²) in [5.74, 6) is 0.234. The summed E-state index contributed by atoms with van der Waals surface area (Å²) in [6, 6.07) is 6.79. The highest BCUT2D eigenvalue weighted by Gasteiger charge is 2.29. The van der Waals surface area contributed by atoms with E-state index in [1.54, 1.807) is 24.3 Å². The number of piperidine rings is 1. The molecule has 0 bridgehead atoms. The Morgan fingerprint density at radius 1 is 1.15 bits per heavy atom. The lowest BCUT2D eigenvalue weighted by Crippen LogP contribution is -2.33. The van der Waals surface area contributed by atoms with Crippen LogP contribution in [-0.4, -0.2) is 45.5 Å². The van der Waals surface area contributed by atoms with E-state index in [0.717, 1.165) is 19.6 Å². The number of hydrogen-bond acceptors (Lipinski definition) is 4. The summed E-state index contributed by atoms with van der Waals surface area (Å²) in [6.45, 7) is 3.50. The number of rotatable bonds is 3. The van der Waals surface area contributed by atoms with Gasteiger partial charge in [0.15, 0.2) is 0 Å². The Hall–Kier alpha value is -1.40. The molecule has 3 rings (SSSR count). The summed E-state index contributed by atoms with van der Waals surface area (Å²) in [7, 11) is -3.56. The van der Waals surface area contributed by atoms with E-state index in [1.807, 2.05) is 0 Å². The molecule has 6 heteroatoms. The second-order valence-electron chi connectivity index (χ2n) is 5.12. The molecule has 20 heavy (non-hydrogen) atoms. The number of benzene rings is 1. The molecular formula is C14H18N2O3S. The van der Waals surface area contributed by atoms with Crippen molar-refractivity contribution in [2.24, 2.45) is 4.40 Å². The van der Waals surface area contributed by atoms with Crippen LogP contribution in [0.15, 0.2) is 33.6 Å². The lowest BCUT2D eigenvalue weighted by atomic mass is 10.1. The third-order valence-electron chi connectivity index (χ3n) is 3.69. The highest BCUT2D eigenvalue weighted by Crippen LogP contribution is 2.26. The van der Waals surface area contributed by atoms with E-state index in [0.29, 0.717) is 12.2 Å². The molecule has 2 heterocycles. The molecule has 0 spiro atoms. The number of sulfonamides is 1. The molecule has 5 nitrogen and oxygen atoms in total. The van der Waals surface area contributed by atoms with E-state index in [9.17, 15) is 8.42 Å². The predicted octanol–water partition coefficient (Wildman–Crippen LogP) is 1.64. The maximum Gasteiger partial charge on any atom is 0.286 e. The topological polar surface area (TPSA) is 59.0 Å². The summed E-state index contributed by atoms with van der Waals surface area (Å²) in [5.41, 5.74) is 0.575. The average Bonchev–Trinajstić information content (AvgIpc) is 2.72. The molecule has 0 N–H and O–H groups in total. The van der Waals surface area contributed by atoms with Crippen LogP contribution < -0.4 is 0 Å². The molecule has 0 aliphatic carbocycles. The zero-order valence-corrected chi connectivity index (χ0v) is 12.1. The quantitative estimate of drug-likeness (QED) is 0.850. The van der Waals surface area contributed by atoms with E-state index in [-0.39, 0.29) is 10.8 Å². The van der Waals surface area contributed by atoms with Crippen molar-refractivity contribution >= 4 is 15.9 Å². The normalized spacial score (nSPS) is 21.3. The van der Waals surface area contributed by atoms with Gasteiger partial charge in [0, 0.05) is 6.54 Å². The van der Waals surface area contributed by atoms with Gasteiger partial charge in [0.1, 0.15) is 11.5 Å². The minimum Gasteiger partial charge on any atom is -0.475 e. The standard InChI is InChI=1S/C14H18N2O3S/c17-20(18)13-7-3-2-6-12(13)14(15-20)19-11-10-16-8-4-1-5-9-16/h2-3,6-7H,1,4-5,8-11H2. The maximum atomic E-state index is 11.9. The fourth-order valence-electron chi connectivity index (χ4n) is 2.63. The van der Waals surface area contributed by atoms with Crippen LogP contribution in [0.2, 0.25) is 0 Å². The first-order valence-electron chi connectivity index (χ1n) is 6.96. The van der Waals surface area contributed by atoms with Crippen molar-refractivity contribution in [3.05, 3.63) is 29.8 Å². The molecule has 1 aromatic rings. The van der Waals surface area contributed by atoms with Gasteiger partial charge >= 0.3 is 0 Å². The van der Waals surface area contributed by atoms with Crippen LogP contribution >= 0.6 is 0 Å². The lowest BCUT2D eigenvalue weighted by Gasteiger charge is -2.26. The van der Waals surface area contributed by atoms with E-state index in [4.69, 9.17) is 4.74 Å². The summed E-state index contributed by atoms with van der Waals surface area (Å²) < 4.78 is 33.0. The SMILES string of the molecule is O=S1(=O)N=C(OCCN2CCCCC2)c2ccccc21. The minimum atomic E-state index is -3.56. The largest absolute Gasteiger partial charge is 0.475 e. The zero-order valence-electron chi connectivity index (χ0n) is 11.3. The first kappa shape index (κ1) is 13.6. The van der Waals surface area contributed by atoms with Gasteiger partial charge < -0.3 is 4.74 Å². The molecule has 1 fully saturated rings. The van der Waals surface area contributed by atoms with Crippen LogP contribution in [-0.2, 0) is 14.8 Å². The van der Waals surface area contributed by atoms with Crippen LogP contribution in [0, 0.1) is 0 Å². The van der Waals surface area contributed by atoms with Crippen LogP contribution in [0.3, 0.4) is 0 Å². The van der Waals surface area contributed by atoms with Crippen molar-refractivity contribution in [3.63, 3.8) is 0 Å². The number of nitrogens with zero attached hydrogens (tertiary/aromatic N) is 2. The van der Waals surface area contributed by atoms with Gasteiger partial charge in [0.2, 0.25) is 5.90 Å². The molecule has 108 valence electrons. The Labute approximate surface area is 119 Å². The Morgan fingerprint density at radius 3 is 2.70 bits per heavy atom. The second-order valence-corrected chi connectivity index (χ2v) is 6.69. The Bertz CT molecular complexity index is 619. The van der Waals surface area contributed by atoms with E-state index < -0.39 is 10.0 Å². The fraction of sp³-hybridized carbons (Fsp3) is 0.500. The molecule has 0 aromatic heterocycles. The second kappa shape index (κ2) is 5.54. The lowest BCUT2D eigenvalue weighted by molar-refractivity contribution is 0.179. The van der Waals surface area contributed by atoms with Crippen LogP contribution in [0.5, 0.6) is 0 Å². The predicted molar refractivity (Wildman–Crippen MR) is 76.4 cm³/mol. The Morgan fingerprint density at radius 2 is 1.90 bits per heavy atom. The van der Waals surface area contributed by atoms with Crippen LogP contribution in [0.4, 0.5) is 0 Å². The average molecular weight is 294 g/mol. The van der Waals surface area contributed by atoms with Crippen molar-refractivity contribution in [1.82, 2.24) is 4.90 Å². The fourth-order valence-corrected chi connectivity index (χ4v) is 3.79. The van der Waals surface area contributed by atoms with Crippen molar-refractivity contribution in [1.29, 1.82) is 0 Å². The molecule has 0 amide bonds. The van der Waals surface area contributed by atoms with Crippen LogP contribution in [0.25, 0.3) is 0 Å². The van der Waals surface area contributed by atoms with Crippen molar-refractivity contribution < 1.29 is 13.2 Å². The molecule has 2 aliphatic rings. The van der Waals surface area contributed by atoms with Gasteiger partial charge in [-0.15, -0.1) is 4.40 Å². The van der Waals surface area contributed by atoms with Gasteiger partial charge in [-0.05, 0) is 38.1 Å². The third-order valence-corrected chi connectivity index (χ3v) is 5.01. The number of hydrogen-bond donors (Lipinski definition) is 0. The van der Waals surface area contributed by atoms with Crippen molar-refractivity contribution in [3.8, 4) is 0 Å². The molecule has 0 atom stereocenters. The highest BCUT2D eigenvalue weighted by molar-refractivity contribution is 7.90. The highest BCUT2D eigenvalue weighted by atomic mass is 32.2. The van der Waals surface area contributed by atoms with E-state index in [2.05, 4.69) is 9.30 Å². The maximum absolute atomic E-state index is 11.9. The zero-order chi connectivity index (χ0) is 14.0. The molecule has 0 saturated carbocycles. The summed E-state index contributed by atoms with van der Waals surface area (Å²) >= 11 is 0. The van der Waals surface area contributed by atoms with Gasteiger partial charge in [0.25, 0.3) is 10.0 Å². The molecule has 1 aromatic carbocycles. The van der Waals surface area contributed by atoms with Gasteiger partial charge in [0.05, 0.1) is 5.56 Å². The first-order chi connectivity index (χ1) is 9.67. The monoisotopic (exact) mass is 294 g/mol. The van der Waals surface area contributed by atoms with Gasteiger partial charge in [-0.2, -0.15) is 8.42 Å². The molecule has 0 radical (unpaired) electrons. The summed E-state index contributed by atoms with van der Waals surface area (Å²) in [5, 5.41) is 0. The number of likely N-dealkylation sites (tertiary alicyclic amines) is 1. The summed E-state index contributed by atoms with van der Waals surface area (Å²) in [6.07, 6.45) is 3.77.